The van der Waals surface area contributed by atoms with Gasteiger partial charge < -0.3 is 19.4 Å². The lowest BCUT2D eigenvalue weighted by molar-refractivity contribution is -0.122. The first-order valence-electron chi connectivity index (χ1n) is 8.74. The van der Waals surface area contributed by atoms with E-state index in [-0.39, 0.29) is 25.0 Å². The Hall–Kier alpha value is -3.49. The number of carbonyl (C=O) groups is 1. The fourth-order valence-electron chi connectivity index (χ4n) is 3.05. The Morgan fingerprint density at radius 1 is 1.28 bits per heavy atom. The Balaban J connectivity index is 0.000000755. The number of imidazole rings is 1. The molecule has 0 amide bonds. The maximum atomic E-state index is 13.4. The normalized spacial score (nSPS) is 16.4. The molecule has 3 aromatic rings. The van der Waals surface area contributed by atoms with Crippen molar-refractivity contribution in [1.82, 2.24) is 14.5 Å². The number of benzene rings is 1. The number of alkyl halides is 2. The van der Waals surface area contributed by atoms with E-state index in [2.05, 4.69) is 9.97 Å². The molecule has 1 unspecified atom stereocenters. The van der Waals surface area contributed by atoms with E-state index >= 15 is 0 Å². The summed E-state index contributed by atoms with van der Waals surface area (Å²) in [5, 5.41) is 6.89. The molecule has 1 atom stereocenters. The Morgan fingerprint density at radius 3 is 2.41 bits per heavy atom. The summed E-state index contributed by atoms with van der Waals surface area (Å²) < 4.78 is 33.7. The maximum absolute atomic E-state index is 13.4. The van der Waals surface area contributed by atoms with Crippen LogP contribution in [-0.2, 0) is 11.3 Å². The van der Waals surface area contributed by atoms with Crippen LogP contribution in [0, 0.1) is 5.92 Å². The second-order valence-electron chi connectivity index (χ2n) is 6.53. The number of methoxy groups -OCH3 is 1. The number of hydrogen-bond acceptors (Lipinski definition) is 4. The van der Waals surface area contributed by atoms with E-state index in [1.54, 1.807) is 30.3 Å². The fourth-order valence-corrected chi connectivity index (χ4v) is 3.05. The van der Waals surface area contributed by atoms with Crippen molar-refractivity contribution >= 4 is 6.47 Å². The van der Waals surface area contributed by atoms with Crippen molar-refractivity contribution in [1.29, 1.82) is 0 Å². The van der Waals surface area contributed by atoms with Crippen LogP contribution in [0.3, 0.4) is 0 Å². The third-order valence-corrected chi connectivity index (χ3v) is 4.63. The van der Waals surface area contributed by atoms with E-state index in [1.165, 1.54) is 6.07 Å². The van der Waals surface area contributed by atoms with Crippen molar-refractivity contribution in [3.8, 4) is 28.3 Å². The summed E-state index contributed by atoms with van der Waals surface area (Å²) in [4.78, 5) is 26.8. The number of nitrogens with one attached hydrogen (secondary N) is 1. The van der Waals surface area contributed by atoms with Gasteiger partial charge in [-0.1, -0.05) is 0 Å². The van der Waals surface area contributed by atoms with Crippen LogP contribution < -0.4 is 10.3 Å². The molecule has 2 heterocycles. The molecular formula is C20H19F2N3O4. The van der Waals surface area contributed by atoms with E-state index < -0.39 is 11.8 Å². The minimum absolute atomic E-state index is 0.103. The number of hydrogen-bond donors (Lipinski definition) is 2. The average Bonchev–Trinajstić information content (AvgIpc) is 3.11. The molecule has 1 aliphatic carbocycles. The molecule has 0 saturated heterocycles. The average molecular weight is 403 g/mol. The summed E-state index contributed by atoms with van der Waals surface area (Å²) in [5.74, 6) is -2.56. The number of aromatic amines is 1. The highest BCUT2D eigenvalue weighted by molar-refractivity contribution is 5.78. The summed E-state index contributed by atoms with van der Waals surface area (Å²) >= 11 is 0. The van der Waals surface area contributed by atoms with Gasteiger partial charge in [-0.05, 0) is 30.3 Å². The Morgan fingerprint density at radius 2 is 1.90 bits per heavy atom. The van der Waals surface area contributed by atoms with Gasteiger partial charge in [-0.25, -0.2) is 13.8 Å². The molecule has 7 nitrogen and oxygen atoms in total. The Labute approximate surface area is 164 Å². The second-order valence-corrected chi connectivity index (χ2v) is 6.53. The summed E-state index contributed by atoms with van der Waals surface area (Å²) in [5.41, 5.74) is 2.71. The quantitative estimate of drug-likeness (QED) is 0.638. The van der Waals surface area contributed by atoms with Crippen LogP contribution in [0.2, 0.25) is 0 Å². The van der Waals surface area contributed by atoms with Crippen LogP contribution in [-0.4, -0.2) is 39.1 Å². The number of aromatic nitrogens is 3. The Bertz CT molecular complexity index is 1020. The molecule has 0 aliphatic heterocycles. The smallest absolute Gasteiger partial charge is 0.290 e. The molecule has 0 radical (unpaired) electrons. The van der Waals surface area contributed by atoms with Crippen LogP contribution in [0.5, 0.6) is 5.75 Å². The first-order valence-corrected chi connectivity index (χ1v) is 8.74. The molecule has 2 aromatic heterocycles. The van der Waals surface area contributed by atoms with Gasteiger partial charge in [-0.15, -0.1) is 0 Å². The van der Waals surface area contributed by atoms with E-state index in [4.69, 9.17) is 14.6 Å². The van der Waals surface area contributed by atoms with Crippen LogP contribution in [0.4, 0.5) is 8.78 Å². The summed E-state index contributed by atoms with van der Waals surface area (Å²) in [7, 11) is 1.59. The van der Waals surface area contributed by atoms with Gasteiger partial charge in [-0.3, -0.25) is 9.59 Å². The van der Waals surface area contributed by atoms with E-state index in [9.17, 15) is 13.6 Å². The van der Waals surface area contributed by atoms with Gasteiger partial charge in [0, 0.05) is 42.3 Å². The van der Waals surface area contributed by atoms with E-state index in [0.29, 0.717) is 11.4 Å². The van der Waals surface area contributed by atoms with Crippen molar-refractivity contribution in [2.45, 2.75) is 18.9 Å². The number of H-pyrrole nitrogens is 1. The number of pyridine rings is 1. The summed E-state index contributed by atoms with van der Waals surface area (Å²) in [6.45, 7) is -0.0649. The zero-order chi connectivity index (χ0) is 21.0. The predicted molar refractivity (Wildman–Crippen MR) is 102 cm³/mol. The van der Waals surface area contributed by atoms with Crippen molar-refractivity contribution in [2.24, 2.45) is 5.92 Å². The largest absolute Gasteiger partial charge is 0.497 e. The summed E-state index contributed by atoms with van der Waals surface area (Å²) in [6.07, 6.45) is 3.05. The van der Waals surface area contributed by atoms with Gasteiger partial charge in [0.2, 0.25) is 5.56 Å². The van der Waals surface area contributed by atoms with Crippen LogP contribution in [0.15, 0.2) is 53.7 Å². The van der Waals surface area contributed by atoms with E-state index in [0.717, 1.165) is 16.9 Å². The van der Waals surface area contributed by atoms with Crippen molar-refractivity contribution in [3.63, 3.8) is 0 Å². The van der Waals surface area contributed by atoms with Gasteiger partial charge >= 0.3 is 0 Å². The van der Waals surface area contributed by atoms with Gasteiger partial charge in [0.05, 0.1) is 24.8 Å². The van der Waals surface area contributed by atoms with Gasteiger partial charge in [-0.2, -0.15) is 0 Å². The van der Waals surface area contributed by atoms with Gasteiger partial charge in [0.1, 0.15) is 5.75 Å². The lowest BCUT2D eigenvalue weighted by Crippen LogP contribution is -2.07. The molecule has 1 saturated carbocycles. The van der Waals surface area contributed by atoms with Crippen molar-refractivity contribution < 1.29 is 23.4 Å². The fraction of sp³-hybridized carbons (Fsp3) is 0.250. The zero-order valence-corrected chi connectivity index (χ0v) is 15.5. The first kappa shape index (κ1) is 20.2. The molecule has 0 bridgehead atoms. The minimum atomic E-state index is -2.60. The number of halogens is 2. The topological polar surface area (TPSA) is 97.2 Å². The Kier molecular flexibility index (Phi) is 5.76. The highest BCUT2D eigenvalue weighted by Crippen LogP contribution is 2.50. The van der Waals surface area contributed by atoms with Gasteiger partial charge in [0.25, 0.3) is 12.4 Å². The maximum Gasteiger partial charge on any atom is 0.290 e. The molecule has 4 rings (SSSR count). The predicted octanol–water partition coefficient (Wildman–Crippen LogP) is 3.27. The molecule has 2 N–H and O–H groups in total. The molecule has 29 heavy (non-hydrogen) atoms. The third-order valence-electron chi connectivity index (χ3n) is 4.63. The molecule has 0 spiro atoms. The van der Waals surface area contributed by atoms with E-state index in [1.807, 2.05) is 24.3 Å². The van der Waals surface area contributed by atoms with Crippen molar-refractivity contribution in [3.05, 3.63) is 59.3 Å². The number of nitrogens with zero attached hydrogens (tertiary/aromatic N) is 2. The molecule has 1 aliphatic rings. The number of carboxylic acid groups (broad SMARTS) is 1. The standard InChI is InChI=1S/C19H17F2N3O2.CH2O2/c1-26-15-5-2-12(3-6-15)17-18(13-4-7-16(25)22-9-13)24(11-23-17)10-14-8-19(14,20)21;2-1-3/h2-7,9,11,14H,8,10H2,1H3,(H,22,25);1H,(H,2,3). The highest BCUT2D eigenvalue weighted by atomic mass is 19.3. The van der Waals surface area contributed by atoms with Crippen LogP contribution >= 0.6 is 0 Å². The molecule has 152 valence electrons. The molecular weight excluding hydrogens is 384 g/mol. The number of rotatable bonds is 5. The van der Waals surface area contributed by atoms with Crippen LogP contribution in [0.25, 0.3) is 22.5 Å². The zero-order valence-electron chi connectivity index (χ0n) is 15.5. The molecule has 1 fully saturated rings. The SMILES string of the molecule is COc1ccc(-c2ncn(CC3CC3(F)F)c2-c2ccc(=O)[nH]c2)cc1.O=CO. The first-order chi connectivity index (χ1) is 13.9. The summed E-state index contributed by atoms with van der Waals surface area (Å²) in [6, 6.07) is 10.5. The second kappa shape index (κ2) is 8.26. The minimum Gasteiger partial charge on any atom is -0.497 e. The molecule has 1 aromatic carbocycles. The molecule has 9 heteroatoms. The van der Waals surface area contributed by atoms with Crippen LogP contribution in [0.1, 0.15) is 6.42 Å². The third kappa shape index (κ3) is 4.50. The lowest BCUT2D eigenvalue weighted by Gasteiger charge is -2.10. The van der Waals surface area contributed by atoms with Gasteiger partial charge in [0.15, 0.2) is 0 Å². The highest BCUT2D eigenvalue weighted by Gasteiger charge is 2.56. The number of ether oxygens (including phenoxy) is 1. The monoisotopic (exact) mass is 403 g/mol. The van der Waals surface area contributed by atoms with Crippen molar-refractivity contribution in [2.75, 3.05) is 7.11 Å². The lowest BCUT2D eigenvalue weighted by atomic mass is 10.1.